The van der Waals surface area contributed by atoms with Gasteiger partial charge in [0.2, 0.25) is 5.91 Å². The molecule has 1 amide bonds. The molecular formula is C15H20N2O2. The predicted octanol–water partition coefficient (Wildman–Crippen LogP) is 2.25. The van der Waals surface area contributed by atoms with E-state index < -0.39 is 0 Å². The molecule has 0 bridgehead atoms. The van der Waals surface area contributed by atoms with Crippen molar-refractivity contribution in [3.63, 3.8) is 0 Å². The molecule has 0 aliphatic carbocycles. The topological polar surface area (TPSA) is 54.1 Å². The van der Waals surface area contributed by atoms with Crippen LogP contribution in [0.3, 0.4) is 0 Å². The van der Waals surface area contributed by atoms with Crippen molar-refractivity contribution in [3.05, 3.63) is 36.0 Å². The van der Waals surface area contributed by atoms with Crippen molar-refractivity contribution >= 4 is 16.8 Å². The summed E-state index contributed by atoms with van der Waals surface area (Å²) in [4.78, 5) is 15.0. The second-order valence-electron chi connectivity index (χ2n) is 4.59. The van der Waals surface area contributed by atoms with Crippen LogP contribution in [0.1, 0.15) is 18.4 Å². The number of amides is 1. The van der Waals surface area contributed by atoms with Crippen LogP contribution < -0.4 is 5.32 Å². The molecule has 2 N–H and O–H groups in total. The number of nitrogens with one attached hydrogen (secondary N) is 2. The SMILES string of the molecule is COCCCCNC(=O)Cc1c[nH]c2ccccc12. The van der Waals surface area contributed by atoms with E-state index in [-0.39, 0.29) is 5.91 Å². The summed E-state index contributed by atoms with van der Waals surface area (Å²) >= 11 is 0. The summed E-state index contributed by atoms with van der Waals surface area (Å²) in [6, 6.07) is 8.02. The molecule has 2 aromatic rings. The summed E-state index contributed by atoms with van der Waals surface area (Å²) in [7, 11) is 1.69. The molecule has 0 fully saturated rings. The lowest BCUT2D eigenvalue weighted by molar-refractivity contribution is -0.120. The van der Waals surface area contributed by atoms with Crippen LogP contribution in [0, 0.1) is 0 Å². The van der Waals surface area contributed by atoms with Gasteiger partial charge in [0.05, 0.1) is 6.42 Å². The highest BCUT2D eigenvalue weighted by Crippen LogP contribution is 2.17. The molecular weight excluding hydrogens is 240 g/mol. The fraction of sp³-hybridized carbons (Fsp3) is 0.400. The predicted molar refractivity (Wildman–Crippen MR) is 76.1 cm³/mol. The number of carbonyl (C=O) groups is 1. The van der Waals surface area contributed by atoms with Crippen LogP contribution in [-0.4, -0.2) is 31.2 Å². The third-order valence-electron chi connectivity index (χ3n) is 3.12. The van der Waals surface area contributed by atoms with Crippen LogP contribution in [0.15, 0.2) is 30.5 Å². The standard InChI is InChI=1S/C15H20N2O2/c1-19-9-5-4-8-16-15(18)10-12-11-17-14-7-3-2-6-13(12)14/h2-3,6-7,11,17H,4-5,8-10H2,1H3,(H,16,18). The normalized spacial score (nSPS) is 10.8. The zero-order chi connectivity index (χ0) is 13.5. The summed E-state index contributed by atoms with van der Waals surface area (Å²) < 4.78 is 4.97. The monoisotopic (exact) mass is 260 g/mol. The fourth-order valence-corrected chi connectivity index (χ4v) is 2.11. The van der Waals surface area contributed by atoms with Crippen LogP contribution in [-0.2, 0) is 16.0 Å². The number of aromatic nitrogens is 1. The first-order valence-electron chi connectivity index (χ1n) is 6.62. The van der Waals surface area contributed by atoms with E-state index in [0.29, 0.717) is 13.0 Å². The molecule has 0 saturated heterocycles. The number of para-hydroxylation sites is 1. The van der Waals surface area contributed by atoms with Gasteiger partial charge in [0.15, 0.2) is 0 Å². The molecule has 2 rings (SSSR count). The van der Waals surface area contributed by atoms with Gasteiger partial charge in [0.1, 0.15) is 0 Å². The molecule has 0 unspecified atom stereocenters. The Hall–Kier alpha value is -1.81. The largest absolute Gasteiger partial charge is 0.385 e. The lowest BCUT2D eigenvalue weighted by Gasteiger charge is -2.04. The van der Waals surface area contributed by atoms with Crippen molar-refractivity contribution in [2.75, 3.05) is 20.3 Å². The van der Waals surface area contributed by atoms with Crippen LogP contribution in [0.25, 0.3) is 10.9 Å². The number of aromatic amines is 1. The fourth-order valence-electron chi connectivity index (χ4n) is 2.11. The summed E-state index contributed by atoms with van der Waals surface area (Å²) in [5.74, 6) is 0.0715. The minimum atomic E-state index is 0.0715. The van der Waals surface area contributed by atoms with Gasteiger partial charge in [-0.25, -0.2) is 0 Å². The van der Waals surface area contributed by atoms with Crippen LogP contribution in [0.2, 0.25) is 0 Å². The highest BCUT2D eigenvalue weighted by Gasteiger charge is 2.07. The van der Waals surface area contributed by atoms with Crippen molar-refractivity contribution in [3.8, 4) is 0 Å². The minimum Gasteiger partial charge on any atom is -0.385 e. The first kappa shape index (κ1) is 13.6. The molecule has 4 heteroatoms. The number of methoxy groups -OCH3 is 1. The number of H-pyrrole nitrogens is 1. The molecule has 0 atom stereocenters. The number of ether oxygens (including phenoxy) is 1. The van der Waals surface area contributed by atoms with Gasteiger partial charge in [-0.1, -0.05) is 18.2 Å². The van der Waals surface area contributed by atoms with E-state index in [1.807, 2.05) is 30.5 Å². The van der Waals surface area contributed by atoms with Crippen molar-refractivity contribution < 1.29 is 9.53 Å². The van der Waals surface area contributed by atoms with Crippen molar-refractivity contribution in [1.29, 1.82) is 0 Å². The Balaban J connectivity index is 1.82. The Labute approximate surface area is 113 Å². The van der Waals surface area contributed by atoms with Gasteiger partial charge < -0.3 is 15.0 Å². The first-order valence-corrected chi connectivity index (χ1v) is 6.62. The molecule has 0 aliphatic rings. The highest BCUT2D eigenvalue weighted by atomic mass is 16.5. The molecule has 0 saturated carbocycles. The molecule has 102 valence electrons. The molecule has 19 heavy (non-hydrogen) atoms. The first-order chi connectivity index (χ1) is 9.31. The maximum Gasteiger partial charge on any atom is 0.224 e. The summed E-state index contributed by atoms with van der Waals surface area (Å²) in [6.45, 7) is 1.46. The molecule has 0 aliphatic heterocycles. The smallest absolute Gasteiger partial charge is 0.224 e. The maximum atomic E-state index is 11.8. The van der Waals surface area contributed by atoms with Gasteiger partial charge in [-0.05, 0) is 24.5 Å². The van der Waals surface area contributed by atoms with Gasteiger partial charge in [0, 0.05) is 37.4 Å². The zero-order valence-corrected chi connectivity index (χ0v) is 11.2. The second kappa shape index (κ2) is 6.95. The maximum absolute atomic E-state index is 11.8. The Kier molecular flexibility index (Phi) is 4.98. The number of carbonyl (C=O) groups excluding carboxylic acids is 1. The number of unbranched alkanes of at least 4 members (excludes halogenated alkanes) is 1. The number of fused-ring (bicyclic) bond motifs is 1. The number of hydrogen-bond acceptors (Lipinski definition) is 2. The van der Waals surface area contributed by atoms with Crippen molar-refractivity contribution in [1.82, 2.24) is 10.3 Å². The third-order valence-corrected chi connectivity index (χ3v) is 3.12. The number of benzene rings is 1. The van der Waals surface area contributed by atoms with Gasteiger partial charge in [-0.3, -0.25) is 4.79 Å². The lowest BCUT2D eigenvalue weighted by atomic mass is 10.1. The van der Waals surface area contributed by atoms with Crippen LogP contribution in [0.5, 0.6) is 0 Å². The number of rotatable bonds is 7. The van der Waals surface area contributed by atoms with E-state index in [4.69, 9.17) is 4.74 Å². The second-order valence-corrected chi connectivity index (χ2v) is 4.59. The average Bonchev–Trinajstić information content (AvgIpc) is 2.82. The molecule has 1 aromatic carbocycles. The van der Waals surface area contributed by atoms with Gasteiger partial charge >= 0.3 is 0 Å². The Morgan fingerprint density at radius 1 is 1.32 bits per heavy atom. The van der Waals surface area contributed by atoms with Gasteiger partial charge in [0.25, 0.3) is 0 Å². The molecule has 1 aromatic heterocycles. The quantitative estimate of drug-likeness (QED) is 0.750. The summed E-state index contributed by atoms with van der Waals surface area (Å²) in [5, 5.41) is 4.06. The zero-order valence-electron chi connectivity index (χ0n) is 11.2. The van der Waals surface area contributed by atoms with E-state index in [1.165, 1.54) is 0 Å². The third kappa shape index (κ3) is 3.83. The molecule has 0 radical (unpaired) electrons. The lowest BCUT2D eigenvalue weighted by Crippen LogP contribution is -2.26. The molecule has 1 heterocycles. The molecule has 0 spiro atoms. The van der Waals surface area contributed by atoms with E-state index in [1.54, 1.807) is 7.11 Å². The summed E-state index contributed by atoms with van der Waals surface area (Å²) in [5.41, 5.74) is 2.12. The van der Waals surface area contributed by atoms with E-state index >= 15 is 0 Å². The van der Waals surface area contributed by atoms with Gasteiger partial charge in [-0.15, -0.1) is 0 Å². The average molecular weight is 260 g/mol. The van der Waals surface area contributed by atoms with Gasteiger partial charge in [-0.2, -0.15) is 0 Å². The van der Waals surface area contributed by atoms with E-state index in [9.17, 15) is 4.79 Å². The number of hydrogen-bond donors (Lipinski definition) is 2. The van der Waals surface area contributed by atoms with E-state index in [0.717, 1.165) is 35.9 Å². The van der Waals surface area contributed by atoms with Crippen molar-refractivity contribution in [2.45, 2.75) is 19.3 Å². The highest BCUT2D eigenvalue weighted by molar-refractivity contribution is 5.88. The minimum absolute atomic E-state index is 0.0715. The van der Waals surface area contributed by atoms with E-state index in [2.05, 4.69) is 10.3 Å². The Bertz CT molecular complexity index is 534. The summed E-state index contributed by atoms with van der Waals surface area (Å²) in [6.07, 6.45) is 4.26. The Morgan fingerprint density at radius 3 is 3.00 bits per heavy atom. The van der Waals surface area contributed by atoms with Crippen molar-refractivity contribution in [2.24, 2.45) is 0 Å². The molecule has 4 nitrogen and oxygen atoms in total. The van der Waals surface area contributed by atoms with Crippen LogP contribution >= 0.6 is 0 Å². The van der Waals surface area contributed by atoms with Crippen LogP contribution in [0.4, 0.5) is 0 Å². The Morgan fingerprint density at radius 2 is 2.16 bits per heavy atom.